The summed E-state index contributed by atoms with van der Waals surface area (Å²) in [5.41, 5.74) is 2.88. The van der Waals surface area contributed by atoms with Crippen LogP contribution in [-0.4, -0.2) is 17.9 Å². The fraction of sp³-hybridized carbons (Fsp3) is 0.167. The highest BCUT2D eigenvalue weighted by Crippen LogP contribution is 2.37. The smallest absolute Gasteiger partial charge is 0.268 e. The molecule has 3 aromatic rings. The van der Waals surface area contributed by atoms with Crippen LogP contribution >= 0.6 is 0 Å². The van der Waals surface area contributed by atoms with Gasteiger partial charge in [-0.1, -0.05) is 42.5 Å². The molecule has 30 heavy (non-hydrogen) atoms. The first-order valence-electron chi connectivity index (χ1n) is 9.70. The van der Waals surface area contributed by atoms with E-state index in [1.807, 2.05) is 30.3 Å². The second-order valence-electron chi connectivity index (χ2n) is 7.20. The van der Waals surface area contributed by atoms with Crippen molar-refractivity contribution < 1.29 is 18.7 Å². The first-order valence-corrected chi connectivity index (χ1v) is 9.70. The minimum atomic E-state index is -0.583. The lowest BCUT2D eigenvalue weighted by atomic mass is 10.1. The molecule has 4 rings (SSSR count). The summed E-state index contributed by atoms with van der Waals surface area (Å²) in [7, 11) is 0. The number of hydrogen-bond acceptors (Lipinski definition) is 3. The maximum absolute atomic E-state index is 13.0. The zero-order valence-corrected chi connectivity index (χ0v) is 16.5. The average molecular weight is 404 g/mol. The second-order valence-corrected chi connectivity index (χ2v) is 7.20. The number of hydrogen-bond donors (Lipinski definition) is 1. The molecule has 5 nitrogen and oxygen atoms in total. The van der Waals surface area contributed by atoms with E-state index in [4.69, 9.17) is 4.74 Å². The fourth-order valence-electron chi connectivity index (χ4n) is 3.41. The third kappa shape index (κ3) is 4.33. The molecular weight excluding hydrogens is 383 g/mol. The SMILES string of the molecule is CC1Oc2ccc(NC(=O)Cc3ccc(F)cc3)cc2N(Cc2ccccc2)C1=O. The van der Waals surface area contributed by atoms with Crippen molar-refractivity contribution in [2.75, 3.05) is 10.2 Å². The summed E-state index contributed by atoms with van der Waals surface area (Å²) in [6, 6.07) is 20.7. The molecular formula is C24H21FN2O3. The van der Waals surface area contributed by atoms with Crippen molar-refractivity contribution in [3.63, 3.8) is 0 Å². The number of amides is 2. The van der Waals surface area contributed by atoms with E-state index in [2.05, 4.69) is 5.32 Å². The fourth-order valence-corrected chi connectivity index (χ4v) is 3.41. The average Bonchev–Trinajstić information content (AvgIpc) is 2.74. The van der Waals surface area contributed by atoms with Crippen molar-refractivity contribution in [2.24, 2.45) is 0 Å². The summed E-state index contributed by atoms with van der Waals surface area (Å²) in [5.74, 6) is -0.116. The standard InChI is InChI=1S/C24H21FN2O3/c1-16-24(29)27(15-18-5-3-2-4-6-18)21-14-20(11-12-22(21)30-16)26-23(28)13-17-7-9-19(25)10-8-17/h2-12,14,16H,13,15H2,1H3,(H,26,28). The molecule has 0 saturated carbocycles. The van der Waals surface area contributed by atoms with Crippen LogP contribution in [0.15, 0.2) is 72.8 Å². The van der Waals surface area contributed by atoms with Gasteiger partial charge >= 0.3 is 0 Å². The van der Waals surface area contributed by atoms with E-state index in [9.17, 15) is 14.0 Å². The highest BCUT2D eigenvalue weighted by molar-refractivity contribution is 6.01. The third-order valence-corrected chi connectivity index (χ3v) is 4.91. The summed E-state index contributed by atoms with van der Waals surface area (Å²) in [4.78, 5) is 26.9. The summed E-state index contributed by atoms with van der Waals surface area (Å²) in [6.45, 7) is 2.13. The van der Waals surface area contributed by atoms with Gasteiger partial charge in [-0.05, 0) is 48.4 Å². The predicted octanol–water partition coefficient (Wildman–Crippen LogP) is 4.32. The van der Waals surface area contributed by atoms with Crippen molar-refractivity contribution in [3.8, 4) is 5.75 Å². The van der Waals surface area contributed by atoms with Gasteiger partial charge in [0.1, 0.15) is 11.6 Å². The number of nitrogens with one attached hydrogen (secondary N) is 1. The molecule has 0 aromatic heterocycles. The Morgan fingerprint density at radius 3 is 2.50 bits per heavy atom. The van der Waals surface area contributed by atoms with Crippen LogP contribution < -0.4 is 15.0 Å². The second kappa shape index (κ2) is 8.37. The normalized spacial score (nSPS) is 15.3. The van der Waals surface area contributed by atoms with Gasteiger partial charge in [-0.15, -0.1) is 0 Å². The zero-order chi connectivity index (χ0) is 21.1. The van der Waals surface area contributed by atoms with Crippen LogP contribution in [-0.2, 0) is 22.6 Å². The van der Waals surface area contributed by atoms with E-state index < -0.39 is 6.10 Å². The predicted molar refractivity (Wildman–Crippen MR) is 113 cm³/mol. The van der Waals surface area contributed by atoms with E-state index in [-0.39, 0.29) is 24.1 Å². The topological polar surface area (TPSA) is 58.6 Å². The Kier molecular flexibility index (Phi) is 5.48. The Bertz CT molecular complexity index is 1070. The first kappa shape index (κ1) is 19.6. The summed E-state index contributed by atoms with van der Waals surface area (Å²) >= 11 is 0. The van der Waals surface area contributed by atoms with Crippen LogP contribution in [0.5, 0.6) is 5.75 Å². The van der Waals surface area contributed by atoms with Gasteiger partial charge in [-0.2, -0.15) is 0 Å². The largest absolute Gasteiger partial charge is 0.479 e. The first-order chi connectivity index (χ1) is 14.5. The lowest BCUT2D eigenvalue weighted by molar-refractivity contribution is -0.125. The molecule has 1 atom stereocenters. The summed E-state index contributed by atoms with van der Waals surface area (Å²) < 4.78 is 18.8. The molecule has 0 fully saturated rings. The van der Waals surface area contributed by atoms with Gasteiger partial charge in [-0.25, -0.2) is 4.39 Å². The minimum Gasteiger partial charge on any atom is -0.479 e. The Morgan fingerprint density at radius 1 is 1.03 bits per heavy atom. The van der Waals surface area contributed by atoms with E-state index in [1.54, 1.807) is 42.2 Å². The van der Waals surface area contributed by atoms with E-state index in [0.717, 1.165) is 5.56 Å². The van der Waals surface area contributed by atoms with Gasteiger partial charge in [0.05, 0.1) is 18.7 Å². The van der Waals surface area contributed by atoms with Gasteiger partial charge in [0.2, 0.25) is 5.91 Å². The number of fused-ring (bicyclic) bond motifs is 1. The van der Waals surface area contributed by atoms with Crippen molar-refractivity contribution >= 4 is 23.2 Å². The van der Waals surface area contributed by atoms with Crippen LogP contribution in [0.2, 0.25) is 0 Å². The van der Waals surface area contributed by atoms with Gasteiger partial charge in [-0.3, -0.25) is 9.59 Å². The molecule has 1 aliphatic rings. The Labute approximate surface area is 174 Å². The van der Waals surface area contributed by atoms with E-state index in [0.29, 0.717) is 29.2 Å². The minimum absolute atomic E-state index is 0.123. The summed E-state index contributed by atoms with van der Waals surface area (Å²) in [6.07, 6.45) is -0.461. The van der Waals surface area contributed by atoms with Crippen molar-refractivity contribution in [2.45, 2.75) is 26.0 Å². The quantitative estimate of drug-likeness (QED) is 0.689. The molecule has 0 radical (unpaired) electrons. The monoisotopic (exact) mass is 404 g/mol. The maximum Gasteiger partial charge on any atom is 0.268 e. The highest BCUT2D eigenvalue weighted by Gasteiger charge is 2.31. The molecule has 1 heterocycles. The van der Waals surface area contributed by atoms with E-state index in [1.165, 1.54) is 12.1 Å². The zero-order valence-electron chi connectivity index (χ0n) is 16.5. The highest BCUT2D eigenvalue weighted by atomic mass is 19.1. The van der Waals surface area contributed by atoms with Gasteiger partial charge in [0.25, 0.3) is 5.91 Å². The van der Waals surface area contributed by atoms with E-state index >= 15 is 0 Å². The van der Waals surface area contributed by atoms with Crippen LogP contribution in [0.25, 0.3) is 0 Å². The van der Waals surface area contributed by atoms with Gasteiger partial charge in [0.15, 0.2) is 6.10 Å². The molecule has 1 N–H and O–H groups in total. The molecule has 1 unspecified atom stereocenters. The van der Waals surface area contributed by atoms with Crippen LogP contribution in [0.1, 0.15) is 18.1 Å². The van der Waals surface area contributed by atoms with Crippen LogP contribution in [0.4, 0.5) is 15.8 Å². The Balaban J connectivity index is 1.55. The lowest BCUT2D eigenvalue weighted by Gasteiger charge is -2.33. The molecule has 6 heteroatoms. The molecule has 152 valence electrons. The molecule has 3 aromatic carbocycles. The molecule has 0 saturated heterocycles. The van der Waals surface area contributed by atoms with Crippen molar-refractivity contribution in [1.82, 2.24) is 0 Å². The third-order valence-electron chi connectivity index (χ3n) is 4.91. The van der Waals surface area contributed by atoms with Crippen LogP contribution in [0.3, 0.4) is 0 Å². The molecule has 2 amide bonds. The van der Waals surface area contributed by atoms with Crippen LogP contribution in [0, 0.1) is 5.82 Å². The van der Waals surface area contributed by atoms with Crippen molar-refractivity contribution in [3.05, 3.63) is 89.7 Å². The maximum atomic E-state index is 13.0. The Morgan fingerprint density at radius 2 is 1.77 bits per heavy atom. The number of nitrogens with zero attached hydrogens (tertiary/aromatic N) is 1. The number of carbonyl (C=O) groups is 2. The number of ether oxygens (including phenoxy) is 1. The molecule has 0 bridgehead atoms. The number of benzene rings is 3. The van der Waals surface area contributed by atoms with Crippen molar-refractivity contribution in [1.29, 1.82) is 0 Å². The molecule has 0 spiro atoms. The number of anilines is 2. The summed E-state index contributed by atoms with van der Waals surface area (Å²) in [5, 5.41) is 2.84. The molecule has 1 aliphatic heterocycles. The Hall–Kier alpha value is -3.67. The number of halogens is 1. The number of carbonyl (C=O) groups excluding carboxylic acids is 2. The van der Waals surface area contributed by atoms with Gasteiger partial charge in [0, 0.05) is 5.69 Å². The lowest BCUT2D eigenvalue weighted by Crippen LogP contribution is -2.44. The molecule has 0 aliphatic carbocycles. The number of rotatable bonds is 5. The van der Waals surface area contributed by atoms with Gasteiger partial charge < -0.3 is 15.0 Å².